The summed E-state index contributed by atoms with van der Waals surface area (Å²) >= 11 is 0. The topological polar surface area (TPSA) is 100 Å². The number of nitrogens with zero attached hydrogens (tertiary/aromatic N) is 4. The Bertz CT molecular complexity index is 902. The fourth-order valence-electron chi connectivity index (χ4n) is 2.21. The number of sulfone groups is 1. The van der Waals surface area contributed by atoms with Gasteiger partial charge < -0.3 is 13.8 Å². The summed E-state index contributed by atoms with van der Waals surface area (Å²) < 4.78 is 36.7. The highest BCUT2D eigenvalue weighted by Crippen LogP contribution is 2.22. The molecule has 8 nitrogen and oxygen atoms in total. The van der Waals surface area contributed by atoms with E-state index in [0.29, 0.717) is 24.6 Å². The Morgan fingerprint density at radius 3 is 2.79 bits per heavy atom. The van der Waals surface area contributed by atoms with Crippen LogP contribution in [0.15, 0.2) is 52.4 Å². The van der Waals surface area contributed by atoms with Crippen molar-refractivity contribution in [3.8, 4) is 11.3 Å². The van der Waals surface area contributed by atoms with Crippen LogP contribution in [0.25, 0.3) is 11.3 Å². The number of ether oxygens (including phenoxy) is 1. The van der Waals surface area contributed by atoms with E-state index in [-0.39, 0.29) is 10.9 Å². The third-order valence-corrected chi connectivity index (χ3v) is 4.90. The van der Waals surface area contributed by atoms with E-state index in [0.717, 1.165) is 5.56 Å². The number of hydrogen-bond acceptors (Lipinski definition) is 7. The van der Waals surface area contributed by atoms with Gasteiger partial charge in [-0.1, -0.05) is 35.5 Å². The van der Waals surface area contributed by atoms with Crippen molar-refractivity contribution in [1.29, 1.82) is 0 Å². The quantitative estimate of drug-likeness (QED) is 0.638. The zero-order valence-electron chi connectivity index (χ0n) is 13.0. The summed E-state index contributed by atoms with van der Waals surface area (Å²) in [5.74, 6) is 0.205. The zero-order valence-corrected chi connectivity index (χ0v) is 13.8. The Hall–Kier alpha value is -2.52. The van der Waals surface area contributed by atoms with Crippen LogP contribution >= 0.6 is 0 Å². The fraction of sp³-hybridized carbons (Fsp3) is 0.267. The molecule has 24 heavy (non-hydrogen) atoms. The summed E-state index contributed by atoms with van der Waals surface area (Å²) in [5.41, 5.74) is 1.15. The number of aromatic nitrogens is 4. The van der Waals surface area contributed by atoms with Crippen molar-refractivity contribution in [1.82, 2.24) is 19.9 Å². The second-order valence-corrected chi connectivity index (χ2v) is 6.99. The molecule has 0 radical (unpaired) electrons. The average molecular weight is 348 g/mol. The first-order valence-electron chi connectivity index (χ1n) is 7.20. The number of benzene rings is 1. The van der Waals surface area contributed by atoms with Crippen molar-refractivity contribution < 1.29 is 17.7 Å². The van der Waals surface area contributed by atoms with Crippen LogP contribution < -0.4 is 0 Å². The summed E-state index contributed by atoms with van der Waals surface area (Å²) in [6.45, 7) is 0.717. The zero-order chi connectivity index (χ0) is 17.0. The molecule has 0 aliphatic rings. The highest BCUT2D eigenvalue weighted by molar-refractivity contribution is 7.90. The highest BCUT2D eigenvalue weighted by Gasteiger charge is 2.24. The summed E-state index contributed by atoms with van der Waals surface area (Å²) in [5, 5.41) is 11.1. The van der Waals surface area contributed by atoms with Crippen molar-refractivity contribution >= 4 is 9.84 Å². The SMILES string of the molecule is COCCn1cnnc1S(=O)(=O)Cc1cc(-c2ccccc2)on1. The monoisotopic (exact) mass is 348 g/mol. The van der Waals surface area contributed by atoms with E-state index >= 15 is 0 Å². The van der Waals surface area contributed by atoms with Gasteiger partial charge in [0.25, 0.3) is 0 Å². The predicted octanol–water partition coefficient (Wildman–Crippen LogP) is 1.55. The molecule has 0 saturated carbocycles. The molecule has 126 valence electrons. The first-order valence-corrected chi connectivity index (χ1v) is 8.86. The van der Waals surface area contributed by atoms with Crippen LogP contribution in [0, 0.1) is 0 Å². The molecule has 0 fully saturated rings. The molecule has 0 spiro atoms. The smallest absolute Gasteiger partial charge is 0.249 e. The molecule has 9 heteroatoms. The Morgan fingerprint density at radius 1 is 1.25 bits per heavy atom. The molecule has 2 heterocycles. The second kappa shape index (κ2) is 6.93. The molecule has 3 aromatic rings. The van der Waals surface area contributed by atoms with Crippen LogP contribution in [-0.4, -0.2) is 42.1 Å². The van der Waals surface area contributed by atoms with E-state index in [1.807, 2.05) is 30.3 Å². The molecule has 0 aliphatic carbocycles. The van der Waals surface area contributed by atoms with Crippen LogP contribution in [-0.2, 0) is 26.9 Å². The molecule has 0 amide bonds. The highest BCUT2D eigenvalue weighted by atomic mass is 32.2. The lowest BCUT2D eigenvalue weighted by Crippen LogP contribution is -2.14. The first-order chi connectivity index (χ1) is 11.6. The number of hydrogen-bond donors (Lipinski definition) is 0. The minimum absolute atomic E-state index is 0.108. The summed E-state index contributed by atoms with van der Waals surface area (Å²) in [4.78, 5) is 0. The third kappa shape index (κ3) is 3.52. The van der Waals surface area contributed by atoms with Crippen molar-refractivity contribution in [2.24, 2.45) is 0 Å². The van der Waals surface area contributed by atoms with E-state index in [4.69, 9.17) is 9.26 Å². The van der Waals surface area contributed by atoms with Gasteiger partial charge in [-0.25, -0.2) is 8.42 Å². The van der Waals surface area contributed by atoms with Crippen molar-refractivity contribution in [3.63, 3.8) is 0 Å². The largest absolute Gasteiger partial charge is 0.383 e. The van der Waals surface area contributed by atoms with E-state index in [9.17, 15) is 8.42 Å². The van der Waals surface area contributed by atoms with E-state index < -0.39 is 9.84 Å². The molecule has 3 rings (SSSR count). The lowest BCUT2D eigenvalue weighted by molar-refractivity contribution is 0.184. The Morgan fingerprint density at radius 2 is 2.04 bits per heavy atom. The maximum atomic E-state index is 12.5. The van der Waals surface area contributed by atoms with Crippen LogP contribution in [0.4, 0.5) is 0 Å². The van der Waals surface area contributed by atoms with Gasteiger partial charge in [-0.3, -0.25) is 0 Å². The second-order valence-electron chi connectivity index (χ2n) is 5.11. The maximum absolute atomic E-state index is 12.5. The van der Waals surface area contributed by atoms with Gasteiger partial charge in [0, 0.05) is 25.3 Å². The van der Waals surface area contributed by atoms with Gasteiger partial charge in [-0.2, -0.15) is 0 Å². The fourth-order valence-corrected chi connectivity index (χ4v) is 3.53. The lowest BCUT2D eigenvalue weighted by atomic mass is 10.2. The molecule has 0 unspecified atom stereocenters. The van der Waals surface area contributed by atoms with Crippen molar-refractivity contribution in [2.45, 2.75) is 17.5 Å². The van der Waals surface area contributed by atoms with Crippen LogP contribution in [0.1, 0.15) is 5.69 Å². The van der Waals surface area contributed by atoms with Gasteiger partial charge in [0.2, 0.25) is 15.0 Å². The van der Waals surface area contributed by atoms with Gasteiger partial charge in [0.1, 0.15) is 12.1 Å². The van der Waals surface area contributed by atoms with E-state index in [1.54, 1.807) is 13.2 Å². The average Bonchev–Trinajstić information content (AvgIpc) is 3.23. The number of rotatable bonds is 7. The third-order valence-electron chi connectivity index (χ3n) is 3.35. The Balaban J connectivity index is 1.81. The molecule has 1 aromatic carbocycles. The molecule has 2 aromatic heterocycles. The van der Waals surface area contributed by atoms with E-state index in [2.05, 4.69) is 15.4 Å². The normalized spacial score (nSPS) is 11.7. The molecule has 0 N–H and O–H groups in total. The van der Waals surface area contributed by atoms with Crippen LogP contribution in [0.2, 0.25) is 0 Å². The van der Waals surface area contributed by atoms with Crippen molar-refractivity contribution in [2.75, 3.05) is 13.7 Å². The van der Waals surface area contributed by atoms with Crippen LogP contribution in [0.3, 0.4) is 0 Å². The van der Waals surface area contributed by atoms with Gasteiger partial charge >= 0.3 is 0 Å². The van der Waals surface area contributed by atoms with Gasteiger partial charge in [0.05, 0.1) is 12.3 Å². The predicted molar refractivity (Wildman–Crippen MR) is 84.7 cm³/mol. The minimum Gasteiger partial charge on any atom is -0.383 e. The van der Waals surface area contributed by atoms with Crippen molar-refractivity contribution in [3.05, 3.63) is 48.4 Å². The summed E-state index contributed by atoms with van der Waals surface area (Å²) in [6, 6.07) is 11.0. The van der Waals surface area contributed by atoms with E-state index in [1.165, 1.54) is 10.9 Å². The molecule has 0 bridgehead atoms. The molecule has 0 atom stereocenters. The van der Waals surface area contributed by atoms with Gasteiger partial charge in [0.15, 0.2) is 5.76 Å². The minimum atomic E-state index is -3.69. The first kappa shape index (κ1) is 16.3. The molecule has 0 aliphatic heterocycles. The summed E-state index contributed by atoms with van der Waals surface area (Å²) in [7, 11) is -2.15. The number of methoxy groups -OCH3 is 1. The molecule has 0 saturated heterocycles. The van der Waals surface area contributed by atoms with Gasteiger partial charge in [-0.15, -0.1) is 10.2 Å². The standard InChI is InChI=1S/C15H16N4O4S/c1-22-8-7-19-11-16-17-15(19)24(20,21)10-13-9-14(23-18-13)12-5-3-2-4-6-12/h2-6,9,11H,7-8,10H2,1H3. The Kier molecular flexibility index (Phi) is 4.72. The molecular weight excluding hydrogens is 332 g/mol. The summed E-state index contributed by atoms with van der Waals surface area (Å²) in [6.07, 6.45) is 1.37. The Labute approximate surface area is 139 Å². The maximum Gasteiger partial charge on any atom is 0.249 e. The molecular formula is C15H16N4O4S. The lowest BCUT2D eigenvalue weighted by Gasteiger charge is -2.05. The van der Waals surface area contributed by atoms with Gasteiger partial charge in [-0.05, 0) is 0 Å². The van der Waals surface area contributed by atoms with Crippen LogP contribution in [0.5, 0.6) is 0 Å².